The number of aromatic nitrogens is 9. The molecule has 0 bridgehead atoms. The minimum atomic E-state index is 0.675. The summed E-state index contributed by atoms with van der Waals surface area (Å²) in [5, 5.41) is 28.1. The van der Waals surface area contributed by atoms with Gasteiger partial charge in [-0.1, -0.05) is 358 Å². The highest BCUT2D eigenvalue weighted by Gasteiger charge is 2.31. The maximum absolute atomic E-state index is 6.61. The number of thiophene rings is 3. The Labute approximate surface area is 770 Å². The minimum Gasteiger partial charge on any atom is -0.450 e. The van der Waals surface area contributed by atoms with Gasteiger partial charge in [-0.3, -0.25) is 13.7 Å². The van der Waals surface area contributed by atoms with Crippen LogP contribution in [0.4, 0.5) is 0 Å². The number of hydrogen-bond donors (Lipinski definition) is 0. The number of benzene rings is 20. The lowest BCUT2D eigenvalue weighted by molar-refractivity contribution is 0.662. The molecule has 0 aliphatic rings. The smallest absolute Gasteiger partial charge is 0.235 e. The van der Waals surface area contributed by atoms with E-state index in [4.69, 9.17) is 34.3 Å². The first-order valence-electron chi connectivity index (χ1n) is 44.7. The molecule has 10 aromatic heterocycles. The summed E-state index contributed by atoms with van der Waals surface area (Å²) in [4.78, 5) is 31.7. The molecule has 0 saturated heterocycles. The van der Waals surface area contributed by atoms with Gasteiger partial charge >= 0.3 is 0 Å². The summed E-state index contributed by atoms with van der Waals surface area (Å²) < 4.78 is 21.3. The average Bonchev–Trinajstić information content (AvgIpc) is 1.55. The Morgan fingerprint density at radius 1 is 0.211 bits per heavy atom. The van der Waals surface area contributed by atoms with Crippen molar-refractivity contribution in [3.8, 4) is 62.7 Å². The third-order valence-corrected chi connectivity index (χ3v) is 30.3. The molecule has 13 heteroatoms. The van der Waals surface area contributed by atoms with Gasteiger partial charge in [0.25, 0.3) is 0 Å². The van der Waals surface area contributed by atoms with E-state index in [1.54, 1.807) is 0 Å². The van der Waals surface area contributed by atoms with E-state index in [0.717, 1.165) is 111 Å². The SMILES string of the molecule is c1ccc(-c2ccc(-c3nc(-n4c5ccccc5c5c6ccccc6c6c7ccccc7sc6c54)nc4ccccc34)cc2)cc1.c1ccc(-c2nc(-n3c4ccccc4c4c5ccccc5c5c6ccccc6sc5c43)c3c(ccc4ccccc43)n2)cc1.c1ccc(-c2nc(-n3c4ccccc4c4c5ccccc5c5c6ccccc6sc5c43)c3oc4ccccc4c3n2)cc1. The predicted octanol–water partition coefficient (Wildman–Crippen LogP) is 33.3. The molecular formula is C120H69N9OS3. The lowest BCUT2D eigenvalue weighted by atomic mass is 9.99. The first-order chi connectivity index (χ1) is 66.0. The Morgan fingerprint density at radius 3 is 1.08 bits per heavy atom. The Bertz CT molecular complexity index is 10100. The van der Waals surface area contributed by atoms with Crippen molar-refractivity contribution in [2.24, 2.45) is 0 Å². The van der Waals surface area contributed by atoms with Crippen LogP contribution in [0.25, 0.3) is 276 Å². The van der Waals surface area contributed by atoms with Crippen molar-refractivity contribution < 1.29 is 4.42 Å². The Kier molecular flexibility index (Phi) is 16.8. The van der Waals surface area contributed by atoms with Crippen molar-refractivity contribution in [1.29, 1.82) is 0 Å². The highest BCUT2D eigenvalue weighted by atomic mass is 32.1. The molecule has 10 nitrogen and oxygen atoms in total. The van der Waals surface area contributed by atoms with E-state index in [2.05, 4.69) is 390 Å². The summed E-state index contributed by atoms with van der Waals surface area (Å²) >= 11 is 5.58. The second-order valence-electron chi connectivity index (χ2n) is 34.0. The lowest BCUT2D eigenvalue weighted by Gasteiger charge is -2.15. The van der Waals surface area contributed by atoms with Crippen LogP contribution < -0.4 is 0 Å². The minimum absolute atomic E-state index is 0.675. The summed E-state index contributed by atoms with van der Waals surface area (Å²) in [5.41, 5.74) is 17.4. The first-order valence-corrected chi connectivity index (χ1v) is 47.2. The van der Waals surface area contributed by atoms with Crippen LogP contribution in [0, 0.1) is 0 Å². The monoisotopic (exact) mass is 1750 g/mol. The molecule has 0 fully saturated rings. The maximum atomic E-state index is 6.61. The molecular weight excluding hydrogens is 1680 g/mol. The highest BCUT2D eigenvalue weighted by Crippen LogP contribution is 2.54. The first kappa shape index (κ1) is 75.1. The zero-order chi connectivity index (χ0) is 87.0. The van der Waals surface area contributed by atoms with Crippen LogP contribution in [0.5, 0.6) is 0 Å². The van der Waals surface area contributed by atoms with Crippen LogP contribution in [0.3, 0.4) is 0 Å². The fraction of sp³-hybridized carbons (Fsp3) is 0. The maximum Gasteiger partial charge on any atom is 0.235 e. The molecule has 0 unspecified atom stereocenters. The number of nitrogens with zero attached hydrogens (tertiary/aromatic N) is 9. The lowest BCUT2D eigenvalue weighted by Crippen LogP contribution is -2.03. The van der Waals surface area contributed by atoms with Crippen molar-refractivity contribution in [2.75, 3.05) is 0 Å². The van der Waals surface area contributed by atoms with Crippen LogP contribution in [-0.2, 0) is 0 Å². The van der Waals surface area contributed by atoms with Gasteiger partial charge in [0.2, 0.25) is 5.95 Å². The summed E-state index contributed by atoms with van der Waals surface area (Å²) in [6.07, 6.45) is 0. The van der Waals surface area contributed by atoms with Gasteiger partial charge < -0.3 is 4.42 Å². The summed E-state index contributed by atoms with van der Waals surface area (Å²) in [6, 6.07) is 148. The molecule has 0 aliphatic heterocycles. The zero-order valence-corrected chi connectivity index (χ0v) is 73.4. The summed E-state index contributed by atoms with van der Waals surface area (Å²) in [5.74, 6) is 3.74. The fourth-order valence-electron chi connectivity index (χ4n) is 21.1. The Balaban J connectivity index is 0.0000000996. The van der Waals surface area contributed by atoms with E-state index in [1.165, 1.54) is 147 Å². The molecule has 0 aliphatic carbocycles. The normalized spacial score (nSPS) is 12.1. The van der Waals surface area contributed by atoms with Crippen LogP contribution in [-0.4, -0.2) is 43.6 Å². The molecule has 30 rings (SSSR count). The Morgan fingerprint density at radius 2 is 0.571 bits per heavy atom. The predicted molar refractivity (Wildman–Crippen MR) is 562 cm³/mol. The number of furan rings is 1. The molecule has 618 valence electrons. The van der Waals surface area contributed by atoms with Gasteiger partial charge in [-0.2, -0.15) is 0 Å². The molecule has 0 amide bonds. The number of para-hydroxylation sites is 5. The zero-order valence-electron chi connectivity index (χ0n) is 71.0. The molecule has 30 aromatic rings. The second kappa shape index (κ2) is 29.8. The largest absolute Gasteiger partial charge is 0.450 e. The molecule has 0 saturated carbocycles. The van der Waals surface area contributed by atoms with Crippen molar-refractivity contribution in [2.45, 2.75) is 0 Å². The van der Waals surface area contributed by atoms with E-state index in [9.17, 15) is 0 Å². The highest BCUT2D eigenvalue weighted by molar-refractivity contribution is 7.28. The number of hydrogen-bond acceptors (Lipinski definition) is 10. The van der Waals surface area contributed by atoms with Crippen LogP contribution in [0.2, 0.25) is 0 Å². The molecule has 133 heavy (non-hydrogen) atoms. The van der Waals surface area contributed by atoms with Crippen molar-refractivity contribution in [3.05, 3.63) is 419 Å². The molecule has 10 heterocycles. The standard InChI is InChI=1S/C42H25N3S.C40H23N3S.C38H21N3OS/c1-2-12-26(13-3-1)27-22-24-28(25-23-27)39-31-16-6-9-19-34(31)43-42(44-39)45-35-20-10-7-17-32(35)37-29-14-4-5-15-30(29)38-33-18-8-11-21-36(33)46-41(38)40(37)45;1-2-13-25(14-3-1)39-41-31-23-22-24-12-4-5-15-26(24)36(31)40(42-39)43-32-20-10-8-18-29(32)34-27-16-6-7-17-28(27)35-30-19-9-11-21-33(30)44-38(35)37(34)43;1-2-12-22(13-3-1)37-39-33-26-17-7-10-20-29(26)42-35(33)38(40-37)41-28-19-9-6-16-25(28)31-23-14-4-5-15-24(23)32-27-18-8-11-21-30(27)43-36(32)34(31)41/h1-25H;1-23H;1-21H. The van der Waals surface area contributed by atoms with E-state index >= 15 is 0 Å². The van der Waals surface area contributed by atoms with Crippen molar-refractivity contribution >= 4 is 247 Å². The topological polar surface area (TPSA) is 105 Å². The molecule has 0 radical (unpaired) electrons. The van der Waals surface area contributed by atoms with Gasteiger partial charge in [-0.05, 0) is 115 Å². The van der Waals surface area contributed by atoms with E-state index in [-0.39, 0.29) is 0 Å². The quantitative estimate of drug-likeness (QED) is 0.146. The van der Waals surface area contributed by atoms with Crippen molar-refractivity contribution in [1.82, 2.24) is 43.6 Å². The second-order valence-corrected chi connectivity index (χ2v) is 37.2. The van der Waals surface area contributed by atoms with E-state index in [0.29, 0.717) is 17.4 Å². The van der Waals surface area contributed by atoms with Crippen LogP contribution in [0.15, 0.2) is 423 Å². The average molecular weight is 1750 g/mol. The van der Waals surface area contributed by atoms with Gasteiger partial charge in [-0.25, -0.2) is 29.9 Å². The van der Waals surface area contributed by atoms with E-state index < -0.39 is 0 Å². The Hall–Kier alpha value is -16.9. The third kappa shape index (κ3) is 11.5. The third-order valence-electron chi connectivity index (χ3n) is 26.8. The molecule has 20 aromatic carbocycles. The fourth-order valence-corrected chi connectivity index (χ4v) is 24.8. The van der Waals surface area contributed by atoms with Crippen LogP contribution >= 0.6 is 34.0 Å². The van der Waals surface area contributed by atoms with Gasteiger partial charge in [0.05, 0.1) is 69.3 Å². The van der Waals surface area contributed by atoms with Gasteiger partial charge in [0.15, 0.2) is 23.0 Å². The van der Waals surface area contributed by atoms with E-state index in [1.807, 2.05) is 76.5 Å². The molecule has 0 atom stereocenters. The summed E-state index contributed by atoms with van der Waals surface area (Å²) in [7, 11) is 0. The van der Waals surface area contributed by atoms with Crippen LogP contribution in [0.1, 0.15) is 0 Å². The van der Waals surface area contributed by atoms with Crippen molar-refractivity contribution in [3.63, 3.8) is 0 Å². The number of fused-ring (bicyclic) bond motifs is 37. The summed E-state index contributed by atoms with van der Waals surface area (Å²) in [6.45, 7) is 0. The van der Waals surface area contributed by atoms with Gasteiger partial charge in [0, 0.05) is 106 Å². The molecule has 0 N–H and O–H groups in total. The van der Waals surface area contributed by atoms with Gasteiger partial charge in [-0.15, -0.1) is 34.0 Å². The molecule has 0 spiro atoms. The number of rotatable bonds is 7. The van der Waals surface area contributed by atoms with Gasteiger partial charge in [0.1, 0.15) is 16.9 Å².